The summed E-state index contributed by atoms with van der Waals surface area (Å²) in [7, 11) is 0. The van der Waals surface area contributed by atoms with E-state index in [-0.39, 0.29) is 36.6 Å². The Hall–Kier alpha value is -1.89. The minimum absolute atomic E-state index is 0.0293. The van der Waals surface area contributed by atoms with Crippen LogP contribution in [0.25, 0.3) is 0 Å². The molecular formula is C9H10N2O5. The average Bonchev–Trinajstić information content (AvgIpc) is 2.83. The number of amides is 1. The highest BCUT2D eigenvalue weighted by atomic mass is 16.4. The molecule has 0 aromatic carbocycles. The molecule has 1 aliphatic rings. The third-order valence-corrected chi connectivity index (χ3v) is 2.40. The Morgan fingerprint density at radius 2 is 2.44 bits per heavy atom. The van der Waals surface area contributed by atoms with Gasteiger partial charge in [0, 0.05) is 25.5 Å². The molecule has 1 aromatic rings. The number of carbonyl (C=O) groups excluding carboxylic acids is 1. The number of aromatic nitrogens is 1. The minimum Gasteiger partial charge on any atom is -0.475 e. The molecule has 1 amide bonds. The van der Waals surface area contributed by atoms with Gasteiger partial charge in [0.1, 0.15) is 0 Å². The quantitative estimate of drug-likeness (QED) is 0.734. The Morgan fingerprint density at radius 1 is 1.69 bits per heavy atom. The van der Waals surface area contributed by atoms with Crippen LogP contribution in [-0.4, -0.2) is 40.2 Å². The van der Waals surface area contributed by atoms with E-state index < -0.39 is 5.97 Å². The predicted molar refractivity (Wildman–Crippen MR) is 51.0 cm³/mol. The average molecular weight is 226 g/mol. The van der Waals surface area contributed by atoms with Crippen LogP contribution < -0.4 is 4.90 Å². The van der Waals surface area contributed by atoms with Crippen LogP contribution in [0.1, 0.15) is 17.0 Å². The molecule has 1 aliphatic heterocycles. The molecule has 1 unspecified atom stereocenters. The molecule has 2 heterocycles. The van der Waals surface area contributed by atoms with E-state index in [0.29, 0.717) is 6.54 Å². The topological polar surface area (TPSA) is 104 Å². The summed E-state index contributed by atoms with van der Waals surface area (Å²) in [4.78, 5) is 27.0. The molecule has 7 heteroatoms. The van der Waals surface area contributed by atoms with Crippen LogP contribution in [0.15, 0.2) is 10.6 Å². The molecule has 1 aromatic heterocycles. The fraction of sp³-hybridized carbons (Fsp3) is 0.444. The minimum atomic E-state index is -1.23. The summed E-state index contributed by atoms with van der Waals surface area (Å²) in [5.41, 5.74) is 0. The van der Waals surface area contributed by atoms with Gasteiger partial charge in [0.25, 0.3) is 0 Å². The molecule has 0 spiro atoms. The number of anilines is 1. The molecule has 0 saturated carbocycles. The van der Waals surface area contributed by atoms with Crippen LogP contribution in [0.5, 0.6) is 0 Å². The molecule has 7 nitrogen and oxygen atoms in total. The van der Waals surface area contributed by atoms with Crippen molar-refractivity contribution in [2.24, 2.45) is 5.92 Å². The maximum atomic E-state index is 11.5. The maximum Gasteiger partial charge on any atom is 0.373 e. The van der Waals surface area contributed by atoms with Crippen LogP contribution in [0.4, 0.5) is 6.01 Å². The summed E-state index contributed by atoms with van der Waals surface area (Å²) in [6.07, 6.45) is 1.28. The van der Waals surface area contributed by atoms with E-state index in [9.17, 15) is 9.59 Å². The van der Waals surface area contributed by atoms with Crippen molar-refractivity contribution in [2.75, 3.05) is 18.1 Å². The van der Waals surface area contributed by atoms with E-state index in [4.69, 9.17) is 14.6 Å². The van der Waals surface area contributed by atoms with Crippen molar-refractivity contribution >= 4 is 17.9 Å². The molecule has 1 atom stereocenters. The highest BCUT2D eigenvalue weighted by molar-refractivity contribution is 5.94. The van der Waals surface area contributed by atoms with E-state index in [1.807, 2.05) is 0 Å². The van der Waals surface area contributed by atoms with Crippen molar-refractivity contribution < 1.29 is 24.2 Å². The zero-order valence-electron chi connectivity index (χ0n) is 8.29. The lowest BCUT2D eigenvalue weighted by Gasteiger charge is -2.10. The number of carboxylic acid groups (broad SMARTS) is 1. The van der Waals surface area contributed by atoms with Gasteiger partial charge < -0.3 is 14.6 Å². The number of hydrogen-bond donors (Lipinski definition) is 2. The Labute approximate surface area is 90.3 Å². The van der Waals surface area contributed by atoms with Crippen molar-refractivity contribution in [1.29, 1.82) is 0 Å². The second-order valence-corrected chi connectivity index (χ2v) is 3.57. The third kappa shape index (κ3) is 1.76. The van der Waals surface area contributed by atoms with Crippen molar-refractivity contribution in [2.45, 2.75) is 6.42 Å². The second kappa shape index (κ2) is 3.93. The molecule has 0 bridgehead atoms. The van der Waals surface area contributed by atoms with Gasteiger partial charge in [-0.1, -0.05) is 0 Å². The molecule has 2 N–H and O–H groups in total. The van der Waals surface area contributed by atoms with Crippen LogP contribution in [0.3, 0.4) is 0 Å². The number of oxazole rings is 1. The van der Waals surface area contributed by atoms with E-state index in [1.165, 1.54) is 4.90 Å². The van der Waals surface area contributed by atoms with Crippen LogP contribution in [0.2, 0.25) is 0 Å². The Balaban J connectivity index is 2.18. The van der Waals surface area contributed by atoms with Gasteiger partial charge in [-0.2, -0.15) is 0 Å². The number of nitrogens with zero attached hydrogens (tertiary/aromatic N) is 2. The number of hydrogen-bond acceptors (Lipinski definition) is 5. The normalized spacial score (nSPS) is 20.4. The van der Waals surface area contributed by atoms with Crippen molar-refractivity contribution in [3.63, 3.8) is 0 Å². The summed E-state index contributed by atoms with van der Waals surface area (Å²) in [5.74, 6) is -1.91. The highest BCUT2D eigenvalue weighted by Crippen LogP contribution is 2.24. The number of aliphatic hydroxyl groups excluding tert-OH is 1. The Kier molecular flexibility index (Phi) is 2.61. The largest absolute Gasteiger partial charge is 0.475 e. The van der Waals surface area contributed by atoms with Gasteiger partial charge >= 0.3 is 12.0 Å². The van der Waals surface area contributed by atoms with E-state index in [1.54, 1.807) is 0 Å². The Morgan fingerprint density at radius 3 is 2.94 bits per heavy atom. The first-order chi connectivity index (χ1) is 7.61. The molecule has 0 aliphatic carbocycles. The SMILES string of the molecule is O=C(O)c1cnc(N2CC(CO)CC2=O)o1. The number of aromatic carboxylic acids is 1. The smallest absolute Gasteiger partial charge is 0.373 e. The lowest BCUT2D eigenvalue weighted by molar-refractivity contribution is -0.117. The predicted octanol–water partition coefficient (Wildman–Crippen LogP) is -0.282. The first kappa shape index (κ1) is 10.6. The zero-order chi connectivity index (χ0) is 11.7. The van der Waals surface area contributed by atoms with Crippen LogP contribution in [-0.2, 0) is 4.79 Å². The molecule has 86 valence electrons. The summed E-state index contributed by atoms with van der Waals surface area (Å²) < 4.78 is 4.91. The molecule has 16 heavy (non-hydrogen) atoms. The molecule has 1 saturated heterocycles. The lowest BCUT2D eigenvalue weighted by atomic mass is 10.1. The highest BCUT2D eigenvalue weighted by Gasteiger charge is 2.33. The molecule has 2 rings (SSSR count). The van der Waals surface area contributed by atoms with Gasteiger partial charge in [0.05, 0.1) is 6.20 Å². The van der Waals surface area contributed by atoms with Gasteiger partial charge in [-0.25, -0.2) is 9.78 Å². The Bertz CT molecular complexity index is 427. The van der Waals surface area contributed by atoms with E-state index in [2.05, 4.69) is 4.98 Å². The molecule has 1 fully saturated rings. The van der Waals surface area contributed by atoms with E-state index in [0.717, 1.165) is 6.20 Å². The number of aliphatic hydroxyl groups is 1. The number of carbonyl (C=O) groups is 2. The fourth-order valence-corrected chi connectivity index (χ4v) is 1.58. The van der Waals surface area contributed by atoms with Crippen molar-refractivity contribution in [3.05, 3.63) is 12.0 Å². The van der Waals surface area contributed by atoms with Gasteiger partial charge in [-0.15, -0.1) is 0 Å². The van der Waals surface area contributed by atoms with Gasteiger partial charge in [0.2, 0.25) is 11.7 Å². The lowest BCUT2D eigenvalue weighted by Crippen LogP contribution is -2.25. The van der Waals surface area contributed by atoms with Gasteiger partial charge in [0.15, 0.2) is 0 Å². The van der Waals surface area contributed by atoms with Gasteiger partial charge in [-0.3, -0.25) is 9.69 Å². The van der Waals surface area contributed by atoms with Crippen molar-refractivity contribution in [1.82, 2.24) is 4.98 Å². The maximum absolute atomic E-state index is 11.5. The first-order valence-electron chi connectivity index (χ1n) is 4.72. The van der Waals surface area contributed by atoms with Crippen LogP contribution >= 0.6 is 0 Å². The number of carboxylic acids is 1. The molecular weight excluding hydrogens is 216 g/mol. The van der Waals surface area contributed by atoms with Gasteiger partial charge in [-0.05, 0) is 0 Å². The first-order valence-corrected chi connectivity index (χ1v) is 4.72. The van der Waals surface area contributed by atoms with E-state index >= 15 is 0 Å². The summed E-state index contributed by atoms with van der Waals surface area (Å²) >= 11 is 0. The monoisotopic (exact) mass is 226 g/mol. The molecule has 0 radical (unpaired) electrons. The number of rotatable bonds is 3. The second-order valence-electron chi connectivity index (χ2n) is 3.57. The fourth-order valence-electron chi connectivity index (χ4n) is 1.58. The third-order valence-electron chi connectivity index (χ3n) is 2.40. The summed E-state index contributed by atoms with van der Waals surface area (Å²) in [6, 6.07) is -0.0293. The van der Waals surface area contributed by atoms with Crippen molar-refractivity contribution in [3.8, 4) is 0 Å². The standard InChI is InChI=1S/C9H10N2O5/c12-4-5-1-7(13)11(3-5)9-10-2-6(16-9)8(14)15/h2,5,12H,1,3-4H2,(H,14,15). The summed E-state index contributed by atoms with van der Waals surface area (Å²) in [5, 5.41) is 17.5. The van der Waals surface area contributed by atoms with Crippen LogP contribution in [0, 0.1) is 5.92 Å². The summed E-state index contributed by atoms with van der Waals surface area (Å²) in [6.45, 7) is 0.212. The zero-order valence-corrected chi connectivity index (χ0v) is 8.29.